The van der Waals surface area contributed by atoms with E-state index in [1.807, 2.05) is 0 Å². The Bertz CT molecular complexity index is 784. The van der Waals surface area contributed by atoms with Crippen molar-refractivity contribution in [1.82, 2.24) is 10.3 Å². The van der Waals surface area contributed by atoms with E-state index in [2.05, 4.69) is 61.9 Å². The van der Waals surface area contributed by atoms with Gasteiger partial charge in [-0.3, -0.25) is 0 Å². The van der Waals surface area contributed by atoms with Gasteiger partial charge in [-0.25, -0.2) is 4.98 Å². The number of anilines is 1. The molecule has 140 valence electrons. The van der Waals surface area contributed by atoms with Crippen molar-refractivity contribution in [3.63, 3.8) is 0 Å². The number of piperidine rings is 1. The Labute approximate surface area is 161 Å². The molecule has 1 saturated heterocycles. The van der Waals surface area contributed by atoms with Gasteiger partial charge in [0.25, 0.3) is 0 Å². The summed E-state index contributed by atoms with van der Waals surface area (Å²) < 4.78 is 0. The van der Waals surface area contributed by atoms with Crippen molar-refractivity contribution in [2.24, 2.45) is 0 Å². The van der Waals surface area contributed by atoms with Crippen LogP contribution in [0, 0.1) is 0 Å². The number of nitrogens with zero attached hydrogens (tertiary/aromatic N) is 1. The van der Waals surface area contributed by atoms with E-state index in [1.165, 1.54) is 42.4 Å². The Hall–Kier alpha value is -1.39. The molecule has 2 heterocycles. The lowest BCUT2D eigenvalue weighted by molar-refractivity contribution is 0.332. The quantitative estimate of drug-likeness (QED) is 0.768. The number of hydrogen-bond donors (Lipinski definition) is 2. The first kappa shape index (κ1) is 18.0. The van der Waals surface area contributed by atoms with Crippen LogP contribution in [-0.4, -0.2) is 24.1 Å². The summed E-state index contributed by atoms with van der Waals surface area (Å²) in [5, 5.41) is 10.3. The molecule has 2 N–H and O–H groups in total. The largest absolute Gasteiger partial charge is 0.359 e. The molecule has 1 aliphatic heterocycles. The summed E-state index contributed by atoms with van der Waals surface area (Å²) in [6.45, 7) is 11.7. The van der Waals surface area contributed by atoms with Gasteiger partial charge in [-0.05, 0) is 66.8 Å². The zero-order valence-corrected chi connectivity index (χ0v) is 17.3. The van der Waals surface area contributed by atoms with Crippen LogP contribution in [0.15, 0.2) is 23.6 Å². The van der Waals surface area contributed by atoms with Gasteiger partial charge < -0.3 is 10.6 Å². The van der Waals surface area contributed by atoms with E-state index in [9.17, 15) is 0 Å². The van der Waals surface area contributed by atoms with Crippen molar-refractivity contribution in [2.45, 2.75) is 70.3 Å². The molecule has 1 aliphatic carbocycles. The topological polar surface area (TPSA) is 37.0 Å². The molecule has 0 saturated carbocycles. The minimum absolute atomic E-state index is 0.243. The third-order valence-corrected chi connectivity index (χ3v) is 7.09. The summed E-state index contributed by atoms with van der Waals surface area (Å²) in [5.41, 5.74) is 5.89. The Morgan fingerprint density at radius 1 is 1.04 bits per heavy atom. The molecule has 3 nitrogen and oxygen atoms in total. The lowest BCUT2D eigenvalue weighted by Crippen LogP contribution is -2.35. The van der Waals surface area contributed by atoms with Crippen molar-refractivity contribution < 1.29 is 0 Å². The molecule has 0 atom stereocenters. The highest BCUT2D eigenvalue weighted by Crippen LogP contribution is 2.46. The Morgan fingerprint density at radius 2 is 1.73 bits per heavy atom. The second-order valence-corrected chi connectivity index (χ2v) is 10.1. The van der Waals surface area contributed by atoms with Gasteiger partial charge in [0.1, 0.15) is 0 Å². The number of fused-ring (bicyclic) bond motifs is 1. The summed E-state index contributed by atoms with van der Waals surface area (Å²) in [7, 11) is 0. The van der Waals surface area contributed by atoms with Crippen molar-refractivity contribution in [3.05, 3.63) is 34.7 Å². The summed E-state index contributed by atoms with van der Waals surface area (Å²) in [5.74, 6) is 0. The number of nitrogens with one attached hydrogen (secondary N) is 2. The van der Waals surface area contributed by atoms with Gasteiger partial charge in [-0.15, -0.1) is 11.3 Å². The van der Waals surface area contributed by atoms with Crippen LogP contribution in [0.3, 0.4) is 0 Å². The van der Waals surface area contributed by atoms with E-state index >= 15 is 0 Å². The highest BCUT2D eigenvalue weighted by molar-refractivity contribution is 7.14. The normalized spacial score (nSPS) is 22.0. The van der Waals surface area contributed by atoms with Crippen molar-refractivity contribution in [1.29, 1.82) is 0 Å². The molecule has 2 aromatic rings. The average molecular weight is 370 g/mol. The number of rotatable bonds is 3. The molecule has 0 amide bonds. The van der Waals surface area contributed by atoms with Gasteiger partial charge in [0.15, 0.2) is 5.13 Å². The van der Waals surface area contributed by atoms with E-state index in [1.54, 1.807) is 11.3 Å². The molecule has 4 heteroatoms. The molecule has 1 fully saturated rings. The number of benzene rings is 1. The summed E-state index contributed by atoms with van der Waals surface area (Å²) in [6.07, 6.45) is 4.86. The van der Waals surface area contributed by atoms with Crippen LogP contribution in [0.2, 0.25) is 0 Å². The van der Waals surface area contributed by atoms with Gasteiger partial charge in [0.2, 0.25) is 0 Å². The number of hydrogen-bond acceptors (Lipinski definition) is 4. The minimum atomic E-state index is 0.243. The molecule has 0 radical (unpaired) electrons. The maximum Gasteiger partial charge on any atom is 0.183 e. The molecular weight excluding hydrogens is 338 g/mol. The van der Waals surface area contributed by atoms with Crippen molar-refractivity contribution in [2.75, 3.05) is 18.4 Å². The number of thiazole rings is 1. The highest BCUT2D eigenvalue weighted by atomic mass is 32.1. The molecule has 0 unspecified atom stereocenters. The van der Waals surface area contributed by atoms with Gasteiger partial charge in [0, 0.05) is 17.0 Å². The molecular formula is C22H31N3S. The standard InChI is InChI=1S/C22H31N3S/c1-21(2)9-10-22(3,4)18-13-15(5-6-17(18)21)19-14-26-20(25-19)24-16-7-11-23-12-8-16/h5-6,13-14,16,23H,7-12H2,1-4H3,(H,24,25). The van der Waals surface area contributed by atoms with Gasteiger partial charge >= 0.3 is 0 Å². The third kappa shape index (κ3) is 3.41. The van der Waals surface area contributed by atoms with Crippen LogP contribution in [-0.2, 0) is 10.8 Å². The maximum absolute atomic E-state index is 4.89. The lowest BCUT2D eigenvalue weighted by atomic mass is 9.63. The zero-order chi connectivity index (χ0) is 18.4. The smallest absolute Gasteiger partial charge is 0.183 e. The fraction of sp³-hybridized carbons (Fsp3) is 0.591. The molecule has 0 spiro atoms. The van der Waals surface area contributed by atoms with Crippen molar-refractivity contribution >= 4 is 16.5 Å². The van der Waals surface area contributed by atoms with E-state index in [0.29, 0.717) is 6.04 Å². The first-order valence-corrected chi connectivity index (χ1v) is 10.8. The highest BCUT2D eigenvalue weighted by Gasteiger charge is 2.37. The molecule has 0 bridgehead atoms. The van der Waals surface area contributed by atoms with Crippen molar-refractivity contribution in [3.8, 4) is 11.3 Å². The third-order valence-electron chi connectivity index (χ3n) is 6.32. The Kier molecular flexibility index (Phi) is 4.60. The predicted octanol–water partition coefficient (Wildman–Crippen LogP) is 5.32. The van der Waals surface area contributed by atoms with Crippen LogP contribution >= 0.6 is 11.3 Å². The first-order chi connectivity index (χ1) is 12.4. The lowest BCUT2D eigenvalue weighted by Gasteiger charge is -2.42. The van der Waals surface area contributed by atoms with Crippen LogP contribution in [0.25, 0.3) is 11.3 Å². The summed E-state index contributed by atoms with van der Waals surface area (Å²) >= 11 is 1.73. The maximum atomic E-state index is 4.89. The monoisotopic (exact) mass is 369 g/mol. The van der Waals surface area contributed by atoms with Crippen LogP contribution in [0.4, 0.5) is 5.13 Å². The summed E-state index contributed by atoms with van der Waals surface area (Å²) in [6, 6.07) is 7.58. The first-order valence-electron chi connectivity index (χ1n) is 9.93. The molecule has 1 aromatic carbocycles. The fourth-order valence-electron chi connectivity index (χ4n) is 4.36. The molecule has 4 rings (SSSR count). The van der Waals surface area contributed by atoms with Gasteiger partial charge in [0.05, 0.1) is 5.69 Å². The van der Waals surface area contributed by atoms with Gasteiger partial charge in [-0.2, -0.15) is 0 Å². The predicted molar refractivity (Wildman–Crippen MR) is 112 cm³/mol. The van der Waals surface area contributed by atoms with E-state index < -0.39 is 0 Å². The van der Waals surface area contributed by atoms with E-state index in [-0.39, 0.29) is 10.8 Å². The Balaban J connectivity index is 1.61. The fourth-order valence-corrected chi connectivity index (χ4v) is 5.16. The second-order valence-electron chi connectivity index (χ2n) is 9.23. The van der Waals surface area contributed by atoms with Crippen LogP contribution in [0.1, 0.15) is 64.5 Å². The zero-order valence-electron chi connectivity index (χ0n) is 16.5. The number of aromatic nitrogens is 1. The van der Waals surface area contributed by atoms with E-state index in [4.69, 9.17) is 4.98 Å². The minimum Gasteiger partial charge on any atom is -0.359 e. The SMILES string of the molecule is CC1(C)CCC(C)(C)c2cc(-c3csc(NC4CCNCC4)n3)ccc21. The van der Waals surface area contributed by atoms with E-state index in [0.717, 1.165) is 23.9 Å². The summed E-state index contributed by atoms with van der Waals surface area (Å²) in [4.78, 5) is 4.89. The second kappa shape index (κ2) is 6.65. The molecule has 1 aromatic heterocycles. The molecule has 26 heavy (non-hydrogen) atoms. The van der Waals surface area contributed by atoms with Crippen LogP contribution in [0.5, 0.6) is 0 Å². The average Bonchev–Trinajstić information content (AvgIpc) is 3.08. The van der Waals surface area contributed by atoms with Gasteiger partial charge in [-0.1, -0.05) is 39.8 Å². The molecule has 2 aliphatic rings. The van der Waals surface area contributed by atoms with Crippen LogP contribution < -0.4 is 10.6 Å². The Morgan fingerprint density at radius 3 is 2.46 bits per heavy atom.